The van der Waals surface area contributed by atoms with Crippen LogP contribution in [0.15, 0.2) is 60.7 Å². The summed E-state index contributed by atoms with van der Waals surface area (Å²) in [7, 11) is 0. The van der Waals surface area contributed by atoms with Crippen LogP contribution in [-0.2, 0) is 4.74 Å². The Kier molecular flexibility index (Phi) is 5.21. The van der Waals surface area contributed by atoms with E-state index >= 15 is 0 Å². The number of para-hydroxylation sites is 1. The number of carbonyl (C=O) groups is 2. The second-order valence-electron chi connectivity index (χ2n) is 7.33. The minimum absolute atomic E-state index is 0.185. The Morgan fingerprint density at radius 1 is 0.966 bits per heavy atom. The van der Waals surface area contributed by atoms with Gasteiger partial charge in [0.2, 0.25) is 5.78 Å². The van der Waals surface area contributed by atoms with E-state index in [0.29, 0.717) is 28.7 Å². The Morgan fingerprint density at radius 2 is 1.69 bits per heavy atom. The van der Waals surface area contributed by atoms with E-state index in [2.05, 4.69) is 4.57 Å². The topological polar surface area (TPSA) is 57.5 Å². The number of aromatic nitrogens is 1. The predicted molar refractivity (Wildman–Crippen MR) is 110 cm³/mol. The molecule has 0 saturated heterocycles. The molecule has 0 radical (unpaired) electrons. The van der Waals surface area contributed by atoms with Gasteiger partial charge >= 0.3 is 5.97 Å². The summed E-state index contributed by atoms with van der Waals surface area (Å²) in [5.74, 6) is 0.479. The molecule has 1 aliphatic rings. The minimum Gasteiger partial charge on any atom is -0.457 e. The molecule has 4 rings (SSSR count). The maximum Gasteiger partial charge on any atom is 0.338 e. The van der Waals surface area contributed by atoms with Crippen molar-refractivity contribution < 1.29 is 19.1 Å². The predicted octanol–water partition coefficient (Wildman–Crippen LogP) is 5.27. The number of ketones is 1. The van der Waals surface area contributed by atoms with Gasteiger partial charge in [-0.05, 0) is 63.1 Å². The van der Waals surface area contributed by atoms with Crippen molar-refractivity contribution in [2.45, 2.75) is 32.7 Å². The number of hydrogen-bond donors (Lipinski definition) is 0. The highest BCUT2D eigenvalue weighted by molar-refractivity contribution is 6.00. The molecule has 2 aromatic carbocycles. The van der Waals surface area contributed by atoms with Crippen molar-refractivity contribution in [1.82, 2.24) is 4.57 Å². The third-order valence-corrected chi connectivity index (χ3v) is 5.08. The van der Waals surface area contributed by atoms with Crippen LogP contribution in [0.3, 0.4) is 0 Å². The molecule has 1 fully saturated rings. The molecule has 0 unspecified atom stereocenters. The van der Waals surface area contributed by atoms with Gasteiger partial charge in [0.05, 0.1) is 5.56 Å². The molecule has 0 aliphatic heterocycles. The average Bonchev–Trinajstić information content (AvgIpc) is 3.51. The lowest BCUT2D eigenvalue weighted by molar-refractivity contribution is 0.0474. The van der Waals surface area contributed by atoms with Crippen LogP contribution in [0.5, 0.6) is 11.5 Å². The molecule has 0 N–H and O–H groups in total. The maximum atomic E-state index is 12.6. The number of rotatable bonds is 7. The molecule has 1 heterocycles. The lowest BCUT2D eigenvalue weighted by Gasteiger charge is -2.09. The Hall–Kier alpha value is -3.34. The fourth-order valence-electron chi connectivity index (χ4n) is 3.56. The number of hydrogen-bond acceptors (Lipinski definition) is 4. The van der Waals surface area contributed by atoms with Crippen LogP contribution in [-0.4, -0.2) is 22.9 Å². The summed E-state index contributed by atoms with van der Waals surface area (Å²) in [6.07, 6.45) is 2.31. The third kappa shape index (κ3) is 4.24. The summed E-state index contributed by atoms with van der Waals surface area (Å²) < 4.78 is 13.2. The number of benzene rings is 2. The van der Waals surface area contributed by atoms with E-state index in [4.69, 9.17) is 9.47 Å². The molecule has 1 aliphatic carbocycles. The number of ether oxygens (including phenoxy) is 2. The Balaban J connectivity index is 1.40. The fraction of sp³-hybridized carbons (Fsp3) is 0.250. The molecule has 0 atom stereocenters. The molecule has 0 amide bonds. The van der Waals surface area contributed by atoms with E-state index in [1.54, 1.807) is 24.3 Å². The quantitative estimate of drug-likeness (QED) is 0.408. The standard InChI is InChI=1S/C24H23NO4/c1-16-13-22(17(2)25(16)19-11-12-19)23(26)15-28-24(27)18-7-6-10-21(14-18)29-20-8-4-3-5-9-20/h3-10,13-14,19H,11-12,15H2,1-2H3. The van der Waals surface area contributed by atoms with Gasteiger partial charge in [0.1, 0.15) is 11.5 Å². The summed E-state index contributed by atoms with van der Waals surface area (Å²) in [5.41, 5.74) is 2.99. The second-order valence-corrected chi connectivity index (χ2v) is 7.33. The molecule has 29 heavy (non-hydrogen) atoms. The molecule has 5 nitrogen and oxygen atoms in total. The minimum atomic E-state index is -0.548. The summed E-state index contributed by atoms with van der Waals surface area (Å²) in [4.78, 5) is 25.0. The average molecular weight is 389 g/mol. The van der Waals surface area contributed by atoms with E-state index in [1.807, 2.05) is 50.2 Å². The Bertz CT molecular complexity index is 1050. The first-order chi connectivity index (χ1) is 14.0. The van der Waals surface area contributed by atoms with Gasteiger partial charge < -0.3 is 14.0 Å². The highest BCUT2D eigenvalue weighted by atomic mass is 16.5. The highest BCUT2D eigenvalue weighted by Gasteiger charge is 2.28. The smallest absolute Gasteiger partial charge is 0.338 e. The van der Waals surface area contributed by atoms with Crippen LogP contribution in [0, 0.1) is 13.8 Å². The molecular formula is C24H23NO4. The summed E-state index contributed by atoms with van der Waals surface area (Å²) in [5, 5.41) is 0. The highest BCUT2D eigenvalue weighted by Crippen LogP contribution is 2.38. The van der Waals surface area contributed by atoms with Crippen molar-refractivity contribution >= 4 is 11.8 Å². The number of aryl methyl sites for hydroxylation is 1. The Labute approximate surface area is 169 Å². The van der Waals surface area contributed by atoms with Crippen LogP contribution >= 0.6 is 0 Å². The van der Waals surface area contributed by atoms with Gasteiger partial charge in [0.15, 0.2) is 6.61 Å². The molecule has 1 saturated carbocycles. The van der Waals surface area contributed by atoms with Gasteiger partial charge in [-0.15, -0.1) is 0 Å². The monoisotopic (exact) mass is 389 g/mol. The molecule has 0 bridgehead atoms. The normalized spacial score (nSPS) is 13.2. The van der Waals surface area contributed by atoms with Crippen molar-refractivity contribution in [3.05, 3.63) is 83.2 Å². The summed E-state index contributed by atoms with van der Waals surface area (Å²) >= 11 is 0. The van der Waals surface area contributed by atoms with Crippen molar-refractivity contribution in [3.63, 3.8) is 0 Å². The SMILES string of the molecule is Cc1cc(C(=O)COC(=O)c2cccc(Oc3ccccc3)c2)c(C)n1C1CC1. The first-order valence-corrected chi connectivity index (χ1v) is 9.74. The lowest BCUT2D eigenvalue weighted by Crippen LogP contribution is -2.15. The van der Waals surface area contributed by atoms with Crippen LogP contribution in [0.4, 0.5) is 0 Å². The molecule has 3 aromatic rings. The molecule has 5 heteroatoms. The van der Waals surface area contributed by atoms with Gasteiger partial charge in [-0.2, -0.15) is 0 Å². The zero-order valence-corrected chi connectivity index (χ0v) is 16.6. The summed E-state index contributed by atoms with van der Waals surface area (Å²) in [6.45, 7) is 3.68. The van der Waals surface area contributed by atoms with Gasteiger partial charge in [-0.25, -0.2) is 4.79 Å². The molecule has 0 spiro atoms. The zero-order valence-electron chi connectivity index (χ0n) is 16.6. The van der Waals surface area contributed by atoms with Crippen LogP contribution in [0.25, 0.3) is 0 Å². The number of Topliss-reactive ketones (excluding diaryl/α,β-unsaturated/α-hetero) is 1. The van der Waals surface area contributed by atoms with E-state index in [9.17, 15) is 9.59 Å². The van der Waals surface area contributed by atoms with Gasteiger partial charge in [-0.3, -0.25) is 4.79 Å². The lowest BCUT2D eigenvalue weighted by atomic mass is 10.1. The number of carbonyl (C=O) groups excluding carboxylic acids is 2. The van der Waals surface area contributed by atoms with Gasteiger partial charge in [-0.1, -0.05) is 24.3 Å². The van der Waals surface area contributed by atoms with Crippen LogP contribution in [0.2, 0.25) is 0 Å². The van der Waals surface area contributed by atoms with Crippen molar-refractivity contribution in [1.29, 1.82) is 0 Å². The molecule has 1 aromatic heterocycles. The maximum absolute atomic E-state index is 12.6. The molecule has 148 valence electrons. The van der Waals surface area contributed by atoms with E-state index < -0.39 is 5.97 Å². The van der Waals surface area contributed by atoms with E-state index in [-0.39, 0.29) is 12.4 Å². The van der Waals surface area contributed by atoms with E-state index in [1.165, 1.54) is 0 Å². The van der Waals surface area contributed by atoms with Crippen molar-refractivity contribution in [2.24, 2.45) is 0 Å². The Morgan fingerprint density at radius 3 is 2.41 bits per heavy atom. The fourth-order valence-corrected chi connectivity index (χ4v) is 3.56. The van der Waals surface area contributed by atoms with Crippen molar-refractivity contribution in [2.75, 3.05) is 6.61 Å². The van der Waals surface area contributed by atoms with E-state index in [0.717, 1.165) is 24.2 Å². The first kappa shape index (κ1) is 19.0. The van der Waals surface area contributed by atoms with Crippen LogP contribution in [0.1, 0.15) is 51.0 Å². The zero-order chi connectivity index (χ0) is 20.4. The third-order valence-electron chi connectivity index (χ3n) is 5.08. The molecular weight excluding hydrogens is 366 g/mol. The summed E-state index contributed by atoms with van der Waals surface area (Å²) in [6, 6.07) is 18.5. The van der Waals surface area contributed by atoms with Gasteiger partial charge in [0.25, 0.3) is 0 Å². The van der Waals surface area contributed by atoms with Crippen molar-refractivity contribution in [3.8, 4) is 11.5 Å². The van der Waals surface area contributed by atoms with Gasteiger partial charge in [0, 0.05) is 23.0 Å². The number of esters is 1. The first-order valence-electron chi connectivity index (χ1n) is 9.74. The second kappa shape index (κ2) is 7.95. The number of nitrogens with zero attached hydrogens (tertiary/aromatic N) is 1. The largest absolute Gasteiger partial charge is 0.457 e. The van der Waals surface area contributed by atoms with Crippen LogP contribution < -0.4 is 4.74 Å².